The normalized spacial score (nSPS) is 19.7. The van der Waals surface area contributed by atoms with Crippen molar-refractivity contribution in [2.45, 2.75) is 91.3 Å². The van der Waals surface area contributed by atoms with E-state index in [0.29, 0.717) is 10.8 Å². The van der Waals surface area contributed by atoms with Crippen molar-refractivity contribution in [1.82, 2.24) is 20.4 Å². The number of piperidine rings is 2. The van der Waals surface area contributed by atoms with Crippen LogP contribution in [0.25, 0.3) is 0 Å². The summed E-state index contributed by atoms with van der Waals surface area (Å²) in [6, 6.07) is 0. The highest BCUT2D eigenvalue weighted by Crippen LogP contribution is 2.38. The highest BCUT2D eigenvalue weighted by molar-refractivity contribution is 6.27. The molecular formula is C30H52N4O12. The van der Waals surface area contributed by atoms with Crippen LogP contribution in [0.5, 0.6) is 0 Å². The van der Waals surface area contributed by atoms with E-state index in [1.165, 1.54) is 12.8 Å². The summed E-state index contributed by atoms with van der Waals surface area (Å²) in [4.78, 5) is 63.9. The number of aliphatic carboxylic acids is 4. The summed E-state index contributed by atoms with van der Waals surface area (Å²) in [6.07, 6.45) is 6.65. The van der Waals surface area contributed by atoms with E-state index in [4.69, 9.17) is 49.1 Å². The lowest BCUT2D eigenvalue weighted by molar-refractivity contribution is -0.159. The molecule has 0 aromatic heterocycles. The quantitative estimate of drug-likeness (QED) is 0.205. The van der Waals surface area contributed by atoms with Gasteiger partial charge in [-0.1, -0.05) is 0 Å². The monoisotopic (exact) mass is 660 g/mol. The van der Waals surface area contributed by atoms with Crippen LogP contribution < -0.4 is 10.6 Å². The van der Waals surface area contributed by atoms with Crippen molar-refractivity contribution in [3.05, 3.63) is 0 Å². The number of carboxylic acids is 4. The molecule has 264 valence electrons. The Morgan fingerprint density at radius 1 is 0.522 bits per heavy atom. The van der Waals surface area contributed by atoms with Crippen LogP contribution in [0.1, 0.15) is 80.1 Å². The van der Waals surface area contributed by atoms with Gasteiger partial charge in [0.05, 0.1) is 0 Å². The fourth-order valence-electron chi connectivity index (χ4n) is 5.42. The number of rotatable bonds is 0. The highest BCUT2D eigenvalue weighted by atomic mass is 16.6. The number of nitrogens with one attached hydrogen (secondary N) is 2. The van der Waals surface area contributed by atoms with Crippen LogP contribution in [0.3, 0.4) is 0 Å². The van der Waals surface area contributed by atoms with E-state index in [-0.39, 0.29) is 23.4 Å². The molecule has 0 aromatic rings. The van der Waals surface area contributed by atoms with Crippen LogP contribution in [-0.2, 0) is 28.7 Å². The van der Waals surface area contributed by atoms with E-state index < -0.39 is 23.9 Å². The molecule has 2 spiro atoms. The number of amides is 2. The first-order valence-corrected chi connectivity index (χ1v) is 15.4. The van der Waals surface area contributed by atoms with E-state index >= 15 is 0 Å². The highest BCUT2D eigenvalue weighted by Gasteiger charge is 2.40. The van der Waals surface area contributed by atoms with E-state index in [2.05, 4.69) is 10.6 Å². The Balaban J connectivity index is 0.000000343. The van der Waals surface area contributed by atoms with Crippen LogP contribution in [0, 0.1) is 10.8 Å². The molecule has 2 amide bonds. The second-order valence-electron chi connectivity index (χ2n) is 14.0. The number of nitrogens with zero attached hydrogens (tertiary/aromatic N) is 2. The maximum Gasteiger partial charge on any atom is 0.414 e. The van der Waals surface area contributed by atoms with Gasteiger partial charge in [0.15, 0.2) is 0 Å². The molecule has 0 unspecified atom stereocenters. The minimum absolute atomic E-state index is 0.154. The summed E-state index contributed by atoms with van der Waals surface area (Å²) < 4.78 is 10.8. The summed E-state index contributed by atoms with van der Waals surface area (Å²) in [5.74, 6) is -7.30. The zero-order chi connectivity index (χ0) is 35.3. The molecule has 16 nitrogen and oxygen atoms in total. The van der Waals surface area contributed by atoms with Gasteiger partial charge in [-0.15, -0.1) is 0 Å². The summed E-state index contributed by atoms with van der Waals surface area (Å²) in [5, 5.41) is 36.4. The molecule has 0 atom stereocenters. The molecule has 0 saturated carbocycles. The lowest BCUT2D eigenvalue weighted by Gasteiger charge is -2.39. The van der Waals surface area contributed by atoms with Gasteiger partial charge in [-0.05, 0) is 104 Å². The van der Waals surface area contributed by atoms with Crippen molar-refractivity contribution in [2.75, 3.05) is 52.4 Å². The standard InChI is InChI=1S/2C13H24N2O2.2C2H2O4/c2*1-12(2,3)17-11(16)15-8-5-13(6-9-15)4-7-14-10-13;2*3-1(4)2(5)6/h2*14H,4-10H2,1-3H3;2*(H,3,4)(H,5,6). The summed E-state index contributed by atoms with van der Waals surface area (Å²) in [6.45, 7) is 19.4. The predicted molar refractivity (Wildman–Crippen MR) is 164 cm³/mol. The summed E-state index contributed by atoms with van der Waals surface area (Å²) in [5.41, 5.74) is 0.138. The minimum atomic E-state index is -1.82. The van der Waals surface area contributed by atoms with Crippen LogP contribution in [0.15, 0.2) is 0 Å². The zero-order valence-corrected chi connectivity index (χ0v) is 27.8. The molecule has 4 aliphatic heterocycles. The van der Waals surface area contributed by atoms with Gasteiger partial charge in [0, 0.05) is 39.3 Å². The molecule has 4 saturated heterocycles. The lowest BCUT2D eigenvalue weighted by atomic mass is 9.78. The zero-order valence-electron chi connectivity index (χ0n) is 27.8. The molecule has 0 bridgehead atoms. The first kappa shape index (κ1) is 40.4. The Morgan fingerprint density at radius 2 is 0.783 bits per heavy atom. The van der Waals surface area contributed by atoms with Crippen LogP contribution in [0.4, 0.5) is 9.59 Å². The number of ether oxygens (including phenoxy) is 2. The van der Waals surface area contributed by atoms with Crippen LogP contribution >= 0.6 is 0 Å². The molecule has 4 heterocycles. The fraction of sp³-hybridized carbons (Fsp3) is 0.800. The number of hydrogen-bond donors (Lipinski definition) is 6. The van der Waals surface area contributed by atoms with Gasteiger partial charge in [-0.25, -0.2) is 28.8 Å². The third kappa shape index (κ3) is 15.1. The second-order valence-corrected chi connectivity index (χ2v) is 14.0. The molecule has 16 heteroatoms. The average Bonchev–Trinajstić information content (AvgIpc) is 3.58. The van der Waals surface area contributed by atoms with Gasteiger partial charge in [-0.3, -0.25) is 0 Å². The van der Waals surface area contributed by atoms with E-state index in [9.17, 15) is 9.59 Å². The van der Waals surface area contributed by atoms with E-state index in [0.717, 1.165) is 78.0 Å². The average molecular weight is 661 g/mol. The molecule has 4 aliphatic rings. The van der Waals surface area contributed by atoms with Crippen LogP contribution in [0.2, 0.25) is 0 Å². The van der Waals surface area contributed by atoms with Crippen LogP contribution in [-0.4, -0.2) is 130 Å². The van der Waals surface area contributed by atoms with Gasteiger partial charge < -0.3 is 50.3 Å². The molecule has 0 aromatic carbocycles. The molecule has 4 fully saturated rings. The topological polar surface area (TPSA) is 232 Å². The molecule has 0 aliphatic carbocycles. The second kappa shape index (κ2) is 17.3. The largest absolute Gasteiger partial charge is 0.473 e. The summed E-state index contributed by atoms with van der Waals surface area (Å²) in [7, 11) is 0. The van der Waals surface area contributed by atoms with Crippen molar-refractivity contribution >= 4 is 36.1 Å². The Morgan fingerprint density at radius 3 is 0.957 bits per heavy atom. The van der Waals surface area contributed by atoms with Crippen molar-refractivity contribution in [3.63, 3.8) is 0 Å². The van der Waals surface area contributed by atoms with E-state index in [1.54, 1.807) is 0 Å². The lowest BCUT2D eigenvalue weighted by Crippen LogP contribution is -2.45. The first-order valence-electron chi connectivity index (χ1n) is 15.4. The Kier molecular flexibility index (Phi) is 15.2. The Labute approximate surface area is 269 Å². The smallest absolute Gasteiger partial charge is 0.414 e. The van der Waals surface area contributed by atoms with Gasteiger partial charge in [0.2, 0.25) is 0 Å². The van der Waals surface area contributed by atoms with E-state index in [1.807, 2.05) is 51.3 Å². The predicted octanol–water partition coefficient (Wildman–Crippen LogP) is 2.31. The molecule has 4 rings (SSSR count). The maximum atomic E-state index is 11.9. The number of carbonyl (C=O) groups is 6. The SMILES string of the molecule is CC(C)(C)OC(=O)N1CCC2(CCNC2)CC1.CC(C)(C)OC(=O)N1CCC2(CCNC2)CC1.O=C(O)C(=O)O.O=C(O)C(=O)O. The third-order valence-electron chi connectivity index (χ3n) is 7.98. The third-order valence-corrected chi connectivity index (χ3v) is 7.98. The number of carbonyl (C=O) groups excluding carboxylic acids is 2. The number of likely N-dealkylation sites (tertiary alicyclic amines) is 2. The van der Waals surface area contributed by atoms with Crippen molar-refractivity contribution < 1.29 is 58.7 Å². The van der Waals surface area contributed by atoms with Gasteiger partial charge in [-0.2, -0.15) is 0 Å². The minimum Gasteiger partial charge on any atom is -0.473 e. The van der Waals surface area contributed by atoms with Crippen molar-refractivity contribution in [3.8, 4) is 0 Å². The van der Waals surface area contributed by atoms with Gasteiger partial charge >= 0.3 is 36.1 Å². The fourth-order valence-corrected chi connectivity index (χ4v) is 5.42. The number of carboxylic acid groups (broad SMARTS) is 4. The molecule has 46 heavy (non-hydrogen) atoms. The van der Waals surface area contributed by atoms with Crippen molar-refractivity contribution in [1.29, 1.82) is 0 Å². The Hall–Kier alpha value is -3.66. The molecular weight excluding hydrogens is 608 g/mol. The molecule has 6 N–H and O–H groups in total. The maximum absolute atomic E-state index is 11.9. The summed E-state index contributed by atoms with van der Waals surface area (Å²) >= 11 is 0. The first-order chi connectivity index (χ1) is 21.1. The van der Waals surface area contributed by atoms with Crippen molar-refractivity contribution in [2.24, 2.45) is 10.8 Å². The number of hydrogen-bond acceptors (Lipinski definition) is 10. The van der Waals surface area contributed by atoms with Gasteiger partial charge in [0.1, 0.15) is 11.2 Å². The Bertz CT molecular complexity index is 943. The van der Waals surface area contributed by atoms with Gasteiger partial charge in [0.25, 0.3) is 0 Å². The molecule has 0 radical (unpaired) electrons.